The van der Waals surface area contributed by atoms with Crippen LogP contribution in [0.4, 0.5) is 0 Å². The van der Waals surface area contributed by atoms with Crippen molar-refractivity contribution in [3.8, 4) is 17.1 Å². The standard InChI is InChI=1S/C16H22N2O/c1-5-18-16(19)14(10-11(2)3)15(17-18)13-9-7-6-8-12(13)4/h6-9,11,19H,5,10H2,1-4H3. The Morgan fingerprint density at radius 3 is 2.53 bits per heavy atom. The van der Waals surface area contributed by atoms with Crippen molar-refractivity contribution in [2.45, 2.75) is 40.7 Å². The molecule has 0 unspecified atom stereocenters. The predicted octanol–water partition coefficient (Wildman–Crippen LogP) is 3.78. The molecule has 0 bridgehead atoms. The molecule has 2 aromatic rings. The van der Waals surface area contributed by atoms with E-state index in [4.69, 9.17) is 0 Å². The minimum Gasteiger partial charge on any atom is -0.493 e. The van der Waals surface area contributed by atoms with Crippen molar-refractivity contribution >= 4 is 0 Å². The van der Waals surface area contributed by atoms with Gasteiger partial charge in [-0.1, -0.05) is 38.1 Å². The van der Waals surface area contributed by atoms with Crippen molar-refractivity contribution in [3.63, 3.8) is 0 Å². The number of aromatic hydroxyl groups is 1. The van der Waals surface area contributed by atoms with E-state index in [2.05, 4.69) is 38.0 Å². The van der Waals surface area contributed by atoms with Crippen LogP contribution in [0.2, 0.25) is 0 Å². The molecular formula is C16H22N2O. The molecule has 0 saturated heterocycles. The third-order valence-corrected chi connectivity index (χ3v) is 3.33. The average Bonchev–Trinajstić information content (AvgIpc) is 2.67. The summed E-state index contributed by atoms with van der Waals surface area (Å²) in [6, 6.07) is 8.19. The Morgan fingerprint density at radius 2 is 1.95 bits per heavy atom. The molecule has 1 aromatic carbocycles. The predicted molar refractivity (Wildman–Crippen MR) is 78.3 cm³/mol. The SMILES string of the molecule is CCn1nc(-c2ccccc2C)c(CC(C)C)c1O. The molecule has 0 amide bonds. The van der Waals surface area contributed by atoms with E-state index in [0.29, 0.717) is 18.3 Å². The van der Waals surface area contributed by atoms with E-state index in [-0.39, 0.29) is 0 Å². The second-order valence-electron chi connectivity index (χ2n) is 5.38. The summed E-state index contributed by atoms with van der Waals surface area (Å²) in [6.45, 7) is 9.07. The lowest BCUT2D eigenvalue weighted by molar-refractivity contribution is 0.397. The second kappa shape index (κ2) is 5.47. The topological polar surface area (TPSA) is 38.0 Å². The highest BCUT2D eigenvalue weighted by Gasteiger charge is 2.19. The first-order chi connectivity index (χ1) is 9.04. The Hall–Kier alpha value is -1.77. The summed E-state index contributed by atoms with van der Waals surface area (Å²) in [5.74, 6) is 0.803. The van der Waals surface area contributed by atoms with Gasteiger partial charge in [0, 0.05) is 17.7 Å². The smallest absolute Gasteiger partial charge is 0.213 e. The maximum atomic E-state index is 10.3. The van der Waals surface area contributed by atoms with Crippen molar-refractivity contribution < 1.29 is 5.11 Å². The quantitative estimate of drug-likeness (QED) is 0.906. The maximum absolute atomic E-state index is 10.3. The first kappa shape index (κ1) is 13.7. The lowest BCUT2D eigenvalue weighted by Gasteiger charge is -2.07. The molecule has 0 aliphatic rings. The van der Waals surface area contributed by atoms with Crippen LogP contribution in [0.25, 0.3) is 11.3 Å². The summed E-state index contributed by atoms with van der Waals surface area (Å²) in [4.78, 5) is 0. The van der Waals surface area contributed by atoms with E-state index < -0.39 is 0 Å². The van der Waals surface area contributed by atoms with E-state index in [1.807, 2.05) is 19.1 Å². The van der Waals surface area contributed by atoms with Gasteiger partial charge in [-0.15, -0.1) is 0 Å². The van der Waals surface area contributed by atoms with Crippen LogP contribution in [-0.2, 0) is 13.0 Å². The van der Waals surface area contributed by atoms with Crippen molar-refractivity contribution in [2.24, 2.45) is 5.92 Å². The highest BCUT2D eigenvalue weighted by Crippen LogP contribution is 2.33. The van der Waals surface area contributed by atoms with E-state index in [1.54, 1.807) is 4.68 Å². The van der Waals surface area contributed by atoms with E-state index in [1.165, 1.54) is 5.56 Å². The van der Waals surface area contributed by atoms with Gasteiger partial charge in [-0.05, 0) is 31.7 Å². The Kier molecular flexibility index (Phi) is 3.93. The fraction of sp³-hybridized carbons (Fsp3) is 0.438. The van der Waals surface area contributed by atoms with Gasteiger partial charge in [0.25, 0.3) is 0 Å². The van der Waals surface area contributed by atoms with Crippen molar-refractivity contribution in [3.05, 3.63) is 35.4 Å². The minimum absolute atomic E-state index is 0.314. The molecule has 3 nitrogen and oxygen atoms in total. The van der Waals surface area contributed by atoms with Gasteiger partial charge in [-0.3, -0.25) is 0 Å². The monoisotopic (exact) mass is 258 g/mol. The minimum atomic E-state index is 0.314. The Balaban J connectivity index is 2.59. The van der Waals surface area contributed by atoms with Gasteiger partial charge in [0.15, 0.2) is 0 Å². The molecule has 0 radical (unpaired) electrons. The molecule has 0 atom stereocenters. The van der Waals surface area contributed by atoms with Gasteiger partial charge in [0.2, 0.25) is 5.88 Å². The third-order valence-electron chi connectivity index (χ3n) is 3.33. The van der Waals surface area contributed by atoms with Gasteiger partial charge >= 0.3 is 0 Å². The Labute approximate surface area is 114 Å². The van der Waals surface area contributed by atoms with Crippen LogP contribution in [0.15, 0.2) is 24.3 Å². The molecule has 0 aliphatic heterocycles. The molecule has 102 valence electrons. The number of aromatic nitrogens is 2. The normalized spacial score (nSPS) is 11.2. The number of benzene rings is 1. The van der Waals surface area contributed by atoms with Crippen molar-refractivity contribution in [2.75, 3.05) is 0 Å². The number of aryl methyl sites for hydroxylation is 2. The molecule has 1 aromatic heterocycles. The number of rotatable bonds is 4. The van der Waals surface area contributed by atoms with E-state index >= 15 is 0 Å². The molecule has 1 heterocycles. The van der Waals surface area contributed by atoms with Crippen LogP contribution in [0, 0.1) is 12.8 Å². The van der Waals surface area contributed by atoms with Crippen LogP contribution in [-0.4, -0.2) is 14.9 Å². The van der Waals surface area contributed by atoms with Crippen LogP contribution >= 0.6 is 0 Å². The number of hydrogen-bond donors (Lipinski definition) is 1. The summed E-state index contributed by atoms with van der Waals surface area (Å²) in [7, 11) is 0. The van der Waals surface area contributed by atoms with Gasteiger partial charge in [0.1, 0.15) is 0 Å². The zero-order valence-electron chi connectivity index (χ0n) is 12.1. The van der Waals surface area contributed by atoms with Crippen LogP contribution in [0.5, 0.6) is 5.88 Å². The Morgan fingerprint density at radius 1 is 1.26 bits per heavy atom. The maximum Gasteiger partial charge on any atom is 0.213 e. The largest absolute Gasteiger partial charge is 0.493 e. The van der Waals surface area contributed by atoms with Crippen LogP contribution in [0.1, 0.15) is 31.9 Å². The fourth-order valence-corrected chi connectivity index (χ4v) is 2.36. The molecule has 2 rings (SSSR count). The molecule has 0 aliphatic carbocycles. The first-order valence-electron chi connectivity index (χ1n) is 6.89. The summed E-state index contributed by atoms with van der Waals surface area (Å²) < 4.78 is 1.68. The second-order valence-corrected chi connectivity index (χ2v) is 5.38. The highest BCUT2D eigenvalue weighted by atomic mass is 16.3. The molecule has 3 heteroatoms. The summed E-state index contributed by atoms with van der Waals surface area (Å²) >= 11 is 0. The van der Waals surface area contributed by atoms with E-state index in [9.17, 15) is 5.11 Å². The van der Waals surface area contributed by atoms with Crippen molar-refractivity contribution in [1.29, 1.82) is 0 Å². The zero-order chi connectivity index (χ0) is 14.0. The van der Waals surface area contributed by atoms with Gasteiger partial charge in [-0.25, -0.2) is 4.68 Å². The molecule has 1 N–H and O–H groups in total. The van der Waals surface area contributed by atoms with Gasteiger partial charge in [-0.2, -0.15) is 5.10 Å². The van der Waals surface area contributed by atoms with Gasteiger partial charge in [0.05, 0.1) is 5.69 Å². The highest BCUT2D eigenvalue weighted by molar-refractivity contribution is 5.68. The molecule has 0 fully saturated rings. The average molecular weight is 258 g/mol. The summed E-state index contributed by atoms with van der Waals surface area (Å²) in [5.41, 5.74) is 4.19. The van der Waals surface area contributed by atoms with Gasteiger partial charge < -0.3 is 5.11 Å². The molecule has 19 heavy (non-hydrogen) atoms. The first-order valence-corrected chi connectivity index (χ1v) is 6.89. The lowest BCUT2D eigenvalue weighted by atomic mass is 9.97. The lowest BCUT2D eigenvalue weighted by Crippen LogP contribution is -1.96. The Bertz CT molecular complexity index is 570. The van der Waals surface area contributed by atoms with Crippen LogP contribution in [0.3, 0.4) is 0 Å². The summed E-state index contributed by atoms with van der Waals surface area (Å²) in [6.07, 6.45) is 0.843. The van der Waals surface area contributed by atoms with Crippen molar-refractivity contribution in [1.82, 2.24) is 9.78 Å². The number of hydrogen-bond acceptors (Lipinski definition) is 2. The van der Waals surface area contributed by atoms with Crippen LogP contribution < -0.4 is 0 Å². The zero-order valence-corrected chi connectivity index (χ0v) is 12.1. The summed E-state index contributed by atoms with van der Waals surface area (Å²) in [5, 5.41) is 14.9. The third kappa shape index (κ3) is 2.65. The fourth-order valence-electron chi connectivity index (χ4n) is 2.36. The molecular weight excluding hydrogens is 236 g/mol. The molecule has 0 spiro atoms. The number of nitrogens with zero attached hydrogens (tertiary/aromatic N) is 2. The van der Waals surface area contributed by atoms with E-state index in [0.717, 1.165) is 23.2 Å². The molecule has 0 saturated carbocycles.